The van der Waals surface area contributed by atoms with Gasteiger partial charge in [-0.05, 0) is 24.3 Å². The van der Waals surface area contributed by atoms with Crippen LogP contribution in [0.15, 0.2) is 41.8 Å². The maximum Gasteiger partial charge on any atom is 0.187 e. The molecule has 0 aliphatic carbocycles. The molecule has 1 aromatic heterocycles. The summed E-state index contributed by atoms with van der Waals surface area (Å²) in [7, 11) is 0. The first-order chi connectivity index (χ1) is 8.66. The third kappa shape index (κ3) is 3.10. The van der Waals surface area contributed by atoms with E-state index in [-0.39, 0.29) is 11.3 Å². The number of rotatable bonds is 4. The zero-order chi connectivity index (χ0) is 13.0. The summed E-state index contributed by atoms with van der Waals surface area (Å²) in [5.74, 6) is -1.90. The Morgan fingerprint density at radius 3 is 2.67 bits per heavy atom. The van der Waals surface area contributed by atoms with Crippen molar-refractivity contribution in [2.45, 2.75) is 5.16 Å². The van der Waals surface area contributed by atoms with Crippen molar-refractivity contribution in [2.75, 3.05) is 5.75 Å². The second-order valence-corrected chi connectivity index (χ2v) is 4.31. The van der Waals surface area contributed by atoms with E-state index in [1.54, 1.807) is 18.5 Å². The summed E-state index contributed by atoms with van der Waals surface area (Å²) in [4.78, 5) is 19.5. The predicted molar refractivity (Wildman–Crippen MR) is 63.4 cm³/mol. The summed E-state index contributed by atoms with van der Waals surface area (Å²) >= 11 is 1.08. The number of ketones is 1. The molecule has 1 heterocycles. The van der Waals surface area contributed by atoms with E-state index < -0.39 is 17.4 Å². The van der Waals surface area contributed by atoms with Gasteiger partial charge < -0.3 is 0 Å². The molecule has 0 amide bonds. The molecule has 2 rings (SSSR count). The molecule has 0 fully saturated rings. The molecule has 0 unspecified atom stereocenters. The van der Waals surface area contributed by atoms with E-state index in [9.17, 15) is 13.6 Å². The third-order valence-electron chi connectivity index (χ3n) is 2.10. The molecule has 0 saturated carbocycles. The van der Waals surface area contributed by atoms with E-state index in [0.29, 0.717) is 5.16 Å². The second-order valence-electron chi connectivity index (χ2n) is 3.37. The number of aromatic nitrogens is 2. The third-order valence-corrected chi connectivity index (χ3v) is 2.98. The minimum absolute atomic E-state index is 0.0373. The molecule has 1 aromatic carbocycles. The average Bonchev–Trinajstić information content (AvgIpc) is 2.40. The van der Waals surface area contributed by atoms with Crippen LogP contribution in [-0.2, 0) is 0 Å². The van der Waals surface area contributed by atoms with Crippen LogP contribution in [0.5, 0.6) is 0 Å². The van der Waals surface area contributed by atoms with Gasteiger partial charge in [0.2, 0.25) is 0 Å². The Morgan fingerprint density at radius 2 is 1.94 bits per heavy atom. The molecule has 18 heavy (non-hydrogen) atoms. The lowest BCUT2D eigenvalue weighted by atomic mass is 10.1. The smallest absolute Gasteiger partial charge is 0.187 e. The minimum Gasteiger partial charge on any atom is -0.293 e. The van der Waals surface area contributed by atoms with Crippen LogP contribution < -0.4 is 0 Å². The Labute approximate surface area is 106 Å². The Kier molecular flexibility index (Phi) is 3.99. The van der Waals surface area contributed by atoms with Crippen molar-refractivity contribution in [3.8, 4) is 0 Å². The van der Waals surface area contributed by atoms with Gasteiger partial charge in [0.15, 0.2) is 10.9 Å². The normalized spacial score (nSPS) is 10.3. The highest BCUT2D eigenvalue weighted by atomic mass is 32.2. The molecule has 2 aromatic rings. The number of Topliss-reactive ketones (excluding diaryl/α,β-unsaturated/α-hetero) is 1. The lowest BCUT2D eigenvalue weighted by Gasteiger charge is -2.02. The Balaban J connectivity index is 2.06. The van der Waals surface area contributed by atoms with E-state index in [2.05, 4.69) is 9.97 Å². The van der Waals surface area contributed by atoms with E-state index >= 15 is 0 Å². The first-order valence-corrected chi connectivity index (χ1v) is 6.03. The van der Waals surface area contributed by atoms with Crippen molar-refractivity contribution < 1.29 is 13.6 Å². The van der Waals surface area contributed by atoms with E-state index in [0.717, 1.165) is 30.0 Å². The lowest BCUT2D eigenvalue weighted by molar-refractivity contribution is 0.101. The number of thioether (sulfide) groups is 1. The molecule has 0 aliphatic heterocycles. The molecule has 6 heteroatoms. The predicted octanol–water partition coefficient (Wildman–Crippen LogP) is 2.73. The first kappa shape index (κ1) is 12.6. The quantitative estimate of drug-likeness (QED) is 0.485. The van der Waals surface area contributed by atoms with Crippen LogP contribution >= 0.6 is 11.8 Å². The van der Waals surface area contributed by atoms with Crippen molar-refractivity contribution in [1.82, 2.24) is 9.97 Å². The molecular weight excluding hydrogens is 258 g/mol. The molecule has 3 nitrogen and oxygen atoms in total. The van der Waals surface area contributed by atoms with Gasteiger partial charge in [-0.15, -0.1) is 0 Å². The Morgan fingerprint density at radius 1 is 1.22 bits per heavy atom. The summed E-state index contributed by atoms with van der Waals surface area (Å²) in [6, 6.07) is 4.45. The van der Waals surface area contributed by atoms with Gasteiger partial charge >= 0.3 is 0 Å². The number of halogens is 2. The van der Waals surface area contributed by atoms with Crippen LogP contribution in [0.3, 0.4) is 0 Å². The largest absolute Gasteiger partial charge is 0.293 e. The van der Waals surface area contributed by atoms with Crippen LogP contribution in [0.1, 0.15) is 10.4 Å². The summed E-state index contributed by atoms with van der Waals surface area (Å²) in [6.07, 6.45) is 3.09. The lowest BCUT2D eigenvalue weighted by Crippen LogP contribution is -2.06. The number of carbonyl (C=O) groups is 1. The van der Waals surface area contributed by atoms with Gasteiger partial charge in [0.1, 0.15) is 11.6 Å². The topological polar surface area (TPSA) is 42.9 Å². The van der Waals surface area contributed by atoms with Crippen molar-refractivity contribution in [1.29, 1.82) is 0 Å². The molecule has 0 saturated heterocycles. The molecule has 0 aliphatic rings. The fourth-order valence-corrected chi connectivity index (χ4v) is 1.97. The van der Waals surface area contributed by atoms with Gasteiger partial charge in [0.25, 0.3) is 0 Å². The fourth-order valence-electron chi connectivity index (χ4n) is 1.28. The van der Waals surface area contributed by atoms with Crippen molar-refractivity contribution in [3.05, 3.63) is 53.9 Å². The van der Waals surface area contributed by atoms with Crippen molar-refractivity contribution in [2.24, 2.45) is 0 Å². The summed E-state index contributed by atoms with van der Waals surface area (Å²) in [5.41, 5.74) is -0.251. The number of nitrogens with zero attached hydrogens (tertiary/aromatic N) is 2. The molecule has 0 radical (unpaired) electrons. The van der Waals surface area contributed by atoms with Crippen LogP contribution in [0.2, 0.25) is 0 Å². The zero-order valence-electron chi connectivity index (χ0n) is 9.14. The molecule has 0 bridgehead atoms. The van der Waals surface area contributed by atoms with Gasteiger partial charge in [-0.1, -0.05) is 11.8 Å². The molecular formula is C12H8F2N2OS. The SMILES string of the molecule is O=C(CSc1ncccn1)c1cc(F)ccc1F. The number of benzene rings is 1. The number of carbonyl (C=O) groups excluding carboxylic acids is 1. The summed E-state index contributed by atoms with van der Waals surface area (Å²) < 4.78 is 26.2. The van der Waals surface area contributed by atoms with E-state index in [4.69, 9.17) is 0 Å². The second kappa shape index (κ2) is 5.68. The highest BCUT2D eigenvalue weighted by Crippen LogP contribution is 2.16. The Hall–Kier alpha value is -1.82. The first-order valence-electron chi connectivity index (χ1n) is 5.05. The van der Waals surface area contributed by atoms with Crippen LogP contribution in [0.25, 0.3) is 0 Å². The minimum atomic E-state index is -0.726. The van der Waals surface area contributed by atoms with Crippen LogP contribution in [0.4, 0.5) is 8.78 Å². The molecule has 92 valence electrons. The van der Waals surface area contributed by atoms with Gasteiger partial charge in [-0.2, -0.15) is 0 Å². The van der Waals surface area contributed by atoms with Crippen molar-refractivity contribution >= 4 is 17.5 Å². The van der Waals surface area contributed by atoms with Crippen LogP contribution in [-0.4, -0.2) is 21.5 Å². The summed E-state index contributed by atoms with van der Waals surface area (Å²) in [5, 5.41) is 0.419. The average molecular weight is 266 g/mol. The zero-order valence-corrected chi connectivity index (χ0v) is 9.95. The van der Waals surface area contributed by atoms with Gasteiger partial charge in [-0.3, -0.25) is 4.79 Å². The van der Waals surface area contributed by atoms with E-state index in [1.165, 1.54) is 0 Å². The molecule has 0 N–H and O–H groups in total. The summed E-state index contributed by atoms with van der Waals surface area (Å²) in [6.45, 7) is 0. The van der Waals surface area contributed by atoms with Gasteiger partial charge in [0.05, 0.1) is 11.3 Å². The Bertz CT molecular complexity index is 563. The van der Waals surface area contributed by atoms with E-state index in [1.807, 2.05) is 0 Å². The van der Waals surface area contributed by atoms with Gasteiger partial charge in [-0.25, -0.2) is 18.7 Å². The van der Waals surface area contributed by atoms with Gasteiger partial charge in [0, 0.05) is 12.4 Å². The molecule has 0 atom stereocenters. The highest BCUT2D eigenvalue weighted by molar-refractivity contribution is 7.99. The number of hydrogen-bond acceptors (Lipinski definition) is 4. The van der Waals surface area contributed by atoms with Crippen molar-refractivity contribution in [3.63, 3.8) is 0 Å². The maximum absolute atomic E-state index is 13.3. The maximum atomic E-state index is 13.3. The standard InChI is InChI=1S/C12H8F2N2OS/c13-8-2-3-10(14)9(6-8)11(17)7-18-12-15-4-1-5-16-12/h1-6H,7H2. The number of hydrogen-bond donors (Lipinski definition) is 0. The fraction of sp³-hybridized carbons (Fsp3) is 0.0833. The highest BCUT2D eigenvalue weighted by Gasteiger charge is 2.13. The monoisotopic (exact) mass is 266 g/mol. The van der Waals surface area contributed by atoms with Crippen LogP contribution in [0, 0.1) is 11.6 Å². The molecule has 0 spiro atoms.